The third-order valence-corrected chi connectivity index (χ3v) is 6.43. The number of nitrogens with zero attached hydrogens (tertiary/aromatic N) is 2. The second kappa shape index (κ2) is 12.7. The molecule has 154 valence electrons. The van der Waals surface area contributed by atoms with Crippen LogP contribution in [0.2, 0.25) is 0 Å². The van der Waals surface area contributed by atoms with Crippen molar-refractivity contribution in [3.8, 4) is 12.1 Å². The van der Waals surface area contributed by atoms with Gasteiger partial charge in [-0.3, -0.25) is 0 Å². The molecule has 29 heavy (non-hydrogen) atoms. The molecule has 0 fully saturated rings. The van der Waals surface area contributed by atoms with Crippen LogP contribution in [0, 0.1) is 22.7 Å². The zero-order valence-electron chi connectivity index (χ0n) is 17.4. The highest BCUT2D eigenvalue weighted by Gasteiger charge is 2.29. The van der Waals surface area contributed by atoms with Crippen LogP contribution in [-0.2, 0) is 6.42 Å². The van der Waals surface area contributed by atoms with Crippen LogP contribution in [0.15, 0.2) is 28.8 Å². The molecule has 1 aromatic carbocycles. The summed E-state index contributed by atoms with van der Waals surface area (Å²) in [5.41, 5.74) is 3.32. The summed E-state index contributed by atoms with van der Waals surface area (Å²) < 4.78 is 0. The van der Waals surface area contributed by atoms with Gasteiger partial charge in [-0.2, -0.15) is 10.5 Å². The van der Waals surface area contributed by atoms with Crippen molar-refractivity contribution in [1.29, 1.82) is 10.5 Å². The quantitative estimate of drug-likeness (QED) is 0.247. The predicted molar refractivity (Wildman–Crippen MR) is 123 cm³/mol. The van der Waals surface area contributed by atoms with Crippen molar-refractivity contribution in [3.05, 3.63) is 45.5 Å². The Morgan fingerprint density at radius 3 is 1.90 bits per heavy atom. The normalized spacial score (nSPS) is 12.7. The van der Waals surface area contributed by atoms with Crippen molar-refractivity contribution in [3.63, 3.8) is 0 Å². The van der Waals surface area contributed by atoms with Crippen LogP contribution in [0.25, 0.3) is 10.6 Å². The van der Waals surface area contributed by atoms with Gasteiger partial charge in [0.2, 0.25) is 0 Å². The van der Waals surface area contributed by atoms with Gasteiger partial charge in [0.25, 0.3) is 0 Å². The molecule has 0 radical (unpaired) electrons. The molecule has 0 unspecified atom stereocenters. The van der Waals surface area contributed by atoms with E-state index in [0.717, 1.165) is 29.5 Å². The van der Waals surface area contributed by atoms with Gasteiger partial charge < -0.3 is 0 Å². The minimum Gasteiger partial charge on any atom is -0.192 e. The molecular formula is C25H30Cl2N2. The molecule has 2 rings (SSSR count). The lowest BCUT2D eigenvalue weighted by Gasteiger charge is -2.09. The second-order valence-electron chi connectivity index (χ2n) is 7.73. The van der Waals surface area contributed by atoms with Crippen molar-refractivity contribution < 1.29 is 0 Å². The van der Waals surface area contributed by atoms with Gasteiger partial charge in [-0.1, -0.05) is 113 Å². The van der Waals surface area contributed by atoms with Crippen LogP contribution in [0.4, 0.5) is 0 Å². The first-order valence-corrected chi connectivity index (χ1v) is 11.6. The summed E-state index contributed by atoms with van der Waals surface area (Å²) in [6, 6.07) is 9.79. The highest BCUT2D eigenvalue weighted by atomic mass is 35.5. The second-order valence-corrected chi connectivity index (χ2v) is 8.48. The summed E-state index contributed by atoms with van der Waals surface area (Å²) in [5, 5.41) is 19.3. The topological polar surface area (TPSA) is 47.6 Å². The van der Waals surface area contributed by atoms with Crippen molar-refractivity contribution in [2.24, 2.45) is 0 Å². The molecule has 0 bridgehead atoms. The molecule has 0 N–H and O–H groups in total. The third-order valence-electron chi connectivity index (χ3n) is 5.58. The molecule has 0 saturated carbocycles. The van der Waals surface area contributed by atoms with E-state index >= 15 is 0 Å². The summed E-state index contributed by atoms with van der Waals surface area (Å²) in [6.45, 7) is 2.26. The highest BCUT2D eigenvalue weighted by molar-refractivity contribution is 6.59. The zero-order valence-corrected chi connectivity index (χ0v) is 18.9. The summed E-state index contributed by atoms with van der Waals surface area (Å²) in [4.78, 5) is 0. The number of hydrogen-bond donors (Lipinski definition) is 0. The van der Waals surface area contributed by atoms with E-state index in [0.29, 0.717) is 15.6 Å². The Hall–Kier alpha value is -1.74. The van der Waals surface area contributed by atoms with E-state index in [-0.39, 0.29) is 5.57 Å². The van der Waals surface area contributed by atoms with Gasteiger partial charge in [-0.15, -0.1) is 0 Å². The first-order chi connectivity index (χ1) is 14.2. The molecule has 0 atom stereocenters. The number of fused-ring (bicyclic) bond motifs is 1. The van der Waals surface area contributed by atoms with Crippen LogP contribution in [0.3, 0.4) is 0 Å². The fraction of sp³-hybridized carbons (Fsp3) is 0.520. The number of hydrogen-bond acceptors (Lipinski definition) is 2. The molecule has 0 aliphatic heterocycles. The monoisotopic (exact) mass is 428 g/mol. The Labute approximate surface area is 185 Å². The van der Waals surface area contributed by atoms with E-state index in [9.17, 15) is 10.5 Å². The largest absolute Gasteiger partial charge is 0.192 e. The Morgan fingerprint density at radius 1 is 0.793 bits per heavy atom. The average molecular weight is 429 g/mol. The predicted octanol–water partition coefficient (Wildman–Crippen LogP) is 8.50. The van der Waals surface area contributed by atoms with E-state index in [1.54, 1.807) is 0 Å². The molecule has 1 aliphatic rings. The van der Waals surface area contributed by atoms with Crippen LogP contribution < -0.4 is 0 Å². The molecule has 0 spiro atoms. The average Bonchev–Trinajstić information content (AvgIpc) is 2.99. The van der Waals surface area contributed by atoms with Crippen LogP contribution in [-0.4, -0.2) is 0 Å². The van der Waals surface area contributed by atoms with Crippen LogP contribution in [0.5, 0.6) is 0 Å². The number of aryl methyl sites for hydroxylation is 1. The Kier molecular flexibility index (Phi) is 10.3. The van der Waals surface area contributed by atoms with Gasteiger partial charge in [-0.25, -0.2) is 0 Å². The lowest BCUT2D eigenvalue weighted by atomic mass is 9.95. The van der Waals surface area contributed by atoms with Crippen LogP contribution in [0.1, 0.15) is 94.2 Å². The lowest BCUT2D eigenvalue weighted by molar-refractivity contribution is 0.549. The molecule has 4 heteroatoms. The van der Waals surface area contributed by atoms with Gasteiger partial charge in [0.05, 0.1) is 10.1 Å². The van der Waals surface area contributed by atoms with Crippen molar-refractivity contribution >= 4 is 33.8 Å². The molecule has 0 amide bonds. The Balaban J connectivity index is 1.84. The molecular weight excluding hydrogens is 399 g/mol. The maximum absolute atomic E-state index is 9.25. The molecule has 0 saturated heterocycles. The third kappa shape index (κ3) is 6.37. The van der Waals surface area contributed by atoms with E-state index in [4.69, 9.17) is 23.2 Å². The van der Waals surface area contributed by atoms with Gasteiger partial charge in [0.1, 0.15) is 17.7 Å². The molecule has 1 aromatic rings. The smallest absolute Gasteiger partial charge is 0.139 e. The summed E-state index contributed by atoms with van der Waals surface area (Å²) >= 11 is 12.9. The van der Waals surface area contributed by atoms with Gasteiger partial charge in [0, 0.05) is 11.1 Å². The lowest BCUT2D eigenvalue weighted by Crippen LogP contribution is -1.94. The van der Waals surface area contributed by atoms with E-state index in [1.165, 1.54) is 64.2 Å². The number of nitriles is 2. The maximum atomic E-state index is 9.25. The molecule has 1 aliphatic carbocycles. The Morgan fingerprint density at radius 2 is 1.34 bits per heavy atom. The standard InChI is InChI=1S/C25H30Cl2N2/c1-2-3-4-5-6-7-8-9-10-11-12-14-19-15-13-16-21-22(19)24(26)25(27)23(21)20(17-28)18-29/h13,15-16H,2-12,14H2,1H3. The highest BCUT2D eigenvalue weighted by Crippen LogP contribution is 2.48. The summed E-state index contributed by atoms with van der Waals surface area (Å²) in [5.74, 6) is 0. The zero-order chi connectivity index (χ0) is 21.1. The first-order valence-electron chi connectivity index (χ1n) is 10.9. The maximum Gasteiger partial charge on any atom is 0.139 e. The number of rotatable bonds is 12. The van der Waals surface area contributed by atoms with E-state index in [2.05, 4.69) is 13.0 Å². The van der Waals surface area contributed by atoms with Crippen molar-refractivity contribution in [2.75, 3.05) is 0 Å². The van der Waals surface area contributed by atoms with Crippen LogP contribution >= 0.6 is 23.2 Å². The molecule has 0 aromatic heterocycles. The molecule has 2 nitrogen and oxygen atoms in total. The Bertz CT molecular complexity index is 821. The SMILES string of the molecule is CCCCCCCCCCCCCc1cccc2c1C(Cl)=C(Cl)C2=C(C#N)C#N. The molecule has 0 heterocycles. The van der Waals surface area contributed by atoms with E-state index in [1.807, 2.05) is 24.3 Å². The minimum atomic E-state index is 0.0127. The first kappa shape index (κ1) is 23.5. The number of halogens is 2. The number of allylic oxidation sites excluding steroid dienone is 3. The van der Waals surface area contributed by atoms with Crippen molar-refractivity contribution in [2.45, 2.75) is 84.0 Å². The number of benzene rings is 1. The van der Waals surface area contributed by atoms with Crippen molar-refractivity contribution in [1.82, 2.24) is 0 Å². The minimum absolute atomic E-state index is 0.0127. The summed E-state index contributed by atoms with van der Waals surface area (Å²) in [6.07, 6.45) is 15.4. The fourth-order valence-corrected chi connectivity index (χ4v) is 4.58. The summed E-state index contributed by atoms with van der Waals surface area (Å²) in [7, 11) is 0. The number of unbranched alkanes of at least 4 members (excludes halogenated alkanes) is 10. The van der Waals surface area contributed by atoms with E-state index < -0.39 is 0 Å². The van der Waals surface area contributed by atoms with Gasteiger partial charge in [-0.05, 0) is 24.0 Å². The van der Waals surface area contributed by atoms with Gasteiger partial charge >= 0.3 is 0 Å². The fourth-order valence-electron chi connectivity index (χ4n) is 3.97. The van der Waals surface area contributed by atoms with Gasteiger partial charge in [0.15, 0.2) is 0 Å².